The highest BCUT2D eigenvalue weighted by Crippen LogP contribution is 2.41. The minimum absolute atomic E-state index is 0.417. The molecule has 0 aliphatic rings. The summed E-state index contributed by atoms with van der Waals surface area (Å²) >= 11 is 0. The van der Waals surface area contributed by atoms with Crippen LogP contribution in [0.25, 0.3) is 11.1 Å². The molecule has 0 bridgehead atoms. The van der Waals surface area contributed by atoms with Crippen LogP contribution in [0, 0.1) is 5.92 Å². The third-order valence-electron chi connectivity index (χ3n) is 4.40. The molecule has 152 valence electrons. The summed E-state index contributed by atoms with van der Waals surface area (Å²) in [5.41, 5.74) is 4.13. The highest BCUT2D eigenvalue weighted by Gasteiger charge is 2.17. The largest absolute Gasteiger partial charge is 0.497 e. The molecule has 2 aromatic carbocycles. The molecule has 0 amide bonds. The zero-order chi connectivity index (χ0) is 20.6. The van der Waals surface area contributed by atoms with Crippen LogP contribution in [0.2, 0.25) is 0 Å². The van der Waals surface area contributed by atoms with Gasteiger partial charge in [0.15, 0.2) is 0 Å². The van der Waals surface area contributed by atoms with Crippen molar-refractivity contribution in [3.05, 3.63) is 66.2 Å². The average molecular weight is 392 g/mol. The monoisotopic (exact) mass is 392 g/mol. The maximum Gasteiger partial charge on any atom is 0.131 e. The van der Waals surface area contributed by atoms with Crippen molar-refractivity contribution < 1.29 is 14.2 Å². The first-order valence-corrected chi connectivity index (χ1v) is 9.91. The Hall–Kier alpha value is -3.08. The molecular formula is C24H28N2O3. The number of hydrogen-bond acceptors (Lipinski definition) is 5. The van der Waals surface area contributed by atoms with Gasteiger partial charge in [-0.05, 0) is 53.8 Å². The van der Waals surface area contributed by atoms with Gasteiger partial charge in [0.1, 0.15) is 23.6 Å². The van der Waals surface area contributed by atoms with Gasteiger partial charge < -0.3 is 14.2 Å². The quantitative estimate of drug-likeness (QED) is 0.502. The van der Waals surface area contributed by atoms with Crippen LogP contribution in [0.5, 0.6) is 17.2 Å². The molecule has 3 aromatic rings. The molecule has 0 unspecified atom stereocenters. The summed E-state index contributed by atoms with van der Waals surface area (Å²) in [7, 11) is 1.67. The topological polar surface area (TPSA) is 53.5 Å². The SMILES string of the molecule is CCOc1cc(Cc2cncnc2)cc(OCC(C)C)c1-c1ccc(OC)cc1. The van der Waals surface area contributed by atoms with E-state index in [1.165, 1.54) is 0 Å². The smallest absolute Gasteiger partial charge is 0.131 e. The first-order chi connectivity index (χ1) is 14.1. The van der Waals surface area contributed by atoms with Crippen LogP contribution in [0.3, 0.4) is 0 Å². The summed E-state index contributed by atoms with van der Waals surface area (Å²) in [6, 6.07) is 12.1. The van der Waals surface area contributed by atoms with Gasteiger partial charge in [-0.1, -0.05) is 26.0 Å². The Labute approximate surface area is 172 Å². The van der Waals surface area contributed by atoms with Gasteiger partial charge in [-0.3, -0.25) is 0 Å². The van der Waals surface area contributed by atoms with Gasteiger partial charge in [-0.15, -0.1) is 0 Å². The lowest BCUT2D eigenvalue weighted by atomic mass is 9.98. The summed E-state index contributed by atoms with van der Waals surface area (Å²) in [6.07, 6.45) is 5.92. The maximum atomic E-state index is 6.23. The van der Waals surface area contributed by atoms with Crippen LogP contribution in [-0.4, -0.2) is 30.3 Å². The molecule has 1 aromatic heterocycles. The summed E-state index contributed by atoms with van der Waals surface area (Å²) in [5, 5.41) is 0. The molecule has 0 aliphatic heterocycles. The zero-order valence-corrected chi connectivity index (χ0v) is 17.5. The fourth-order valence-electron chi connectivity index (χ4n) is 3.09. The molecule has 0 atom stereocenters. The Bertz CT molecular complexity index is 909. The Balaban J connectivity index is 2.07. The van der Waals surface area contributed by atoms with Gasteiger partial charge >= 0.3 is 0 Å². The number of ether oxygens (including phenoxy) is 3. The lowest BCUT2D eigenvalue weighted by molar-refractivity contribution is 0.269. The van der Waals surface area contributed by atoms with Gasteiger partial charge in [0.25, 0.3) is 0 Å². The van der Waals surface area contributed by atoms with E-state index < -0.39 is 0 Å². The third-order valence-corrected chi connectivity index (χ3v) is 4.40. The van der Waals surface area contributed by atoms with E-state index in [2.05, 4.69) is 35.9 Å². The second kappa shape index (κ2) is 9.92. The molecule has 5 nitrogen and oxygen atoms in total. The average Bonchev–Trinajstić information content (AvgIpc) is 2.73. The Morgan fingerprint density at radius 3 is 2.14 bits per heavy atom. The Morgan fingerprint density at radius 2 is 1.55 bits per heavy atom. The minimum atomic E-state index is 0.417. The molecule has 1 heterocycles. The van der Waals surface area contributed by atoms with Crippen molar-refractivity contribution in [3.63, 3.8) is 0 Å². The van der Waals surface area contributed by atoms with E-state index in [1.54, 1.807) is 13.4 Å². The van der Waals surface area contributed by atoms with E-state index in [0.29, 0.717) is 25.6 Å². The number of hydrogen-bond donors (Lipinski definition) is 0. The van der Waals surface area contributed by atoms with E-state index in [0.717, 1.165) is 39.5 Å². The van der Waals surface area contributed by atoms with Crippen LogP contribution < -0.4 is 14.2 Å². The van der Waals surface area contributed by atoms with Crippen molar-refractivity contribution in [3.8, 4) is 28.4 Å². The molecular weight excluding hydrogens is 364 g/mol. The fraction of sp³-hybridized carbons (Fsp3) is 0.333. The highest BCUT2D eigenvalue weighted by atomic mass is 16.5. The Kier molecular flexibility index (Phi) is 7.06. The lowest BCUT2D eigenvalue weighted by Gasteiger charge is -2.19. The summed E-state index contributed by atoms with van der Waals surface area (Å²) in [6.45, 7) is 7.48. The van der Waals surface area contributed by atoms with Crippen LogP contribution in [0.15, 0.2) is 55.1 Å². The van der Waals surface area contributed by atoms with Gasteiger partial charge in [0.2, 0.25) is 0 Å². The van der Waals surface area contributed by atoms with E-state index in [9.17, 15) is 0 Å². The molecule has 0 fully saturated rings. The molecule has 0 saturated carbocycles. The molecule has 0 spiro atoms. The molecule has 29 heavy (non-hydrogen) atoms. The number of nitrogens with zero attached hydrogens (tertiary/aromatic N) is 2. The first-order valence-electron chi connectivity index (χ1n) is 9.91. The molecule has 0 saturated heterocycles. The van der Waals surface area contributed by atoms with Gasteiger partial charge in [0, 0.05) is 18.8 Å². The summed E-state index contributed by atoms with van der Waals surface area (Å²) in [5.74, 6) is 2.87. The van der Waals surface area contributed by atoms with Crippen molar-refractivity contribution in [1.29, 1.82) is 0 Å². The molecule has 3 rings (SSSR count). The predicted molar refractivity (Wildman–Crippen MR) is 115 cm³/mol. The standard InChI is InChI=1S/C24H28N2O3/c1-5-28-22-11-18(10-19-13-25-16-26-14-19)12-23(29-15-17(2)3)24(22)20-6-8-21(27-4)9-7-20/h6-9,11-14,16-17H,5,10,15H2,1-4H3. The molecule has 0 radical (unpaired) electrons. The van der Waals surface area contributed by atoms with E-state index >= 15 is 0 Å². The third kappa shape index (κ3) is 5.47. The second-order valence-electron chi connectivity index (χ2n) is 7.26. The first kappa shape index (κ1) is 20.6. The van der Waals surface area contributed by atoms with E-state index in [-0.39, 0.29) is 0 Å². The second-order valence-corrected chi connectivity index (χ2v) is 7.26. The van der Waals surface area contributed by atoms with Crippen molar-refractivity contribution in [2.75, 3.05) is 20.3 Å². The number of methoxy groups -OCH3 is 1. The van der Waals surface area contributed by atoms with Gasteiger partial charge in [-0.25, -0.2) is 9.97 Å². The van der Waals surface area contributed by atoms with Crippen molar-refractivity contribution in [2.45, 2.75) is 27.2 Å². The van der Waals surface area contributed by atoms with Crippen molar-refractivity contribution in [1.82, 2.24) is 9.97 Å². The highest BCUT2D eigenvalue weighted by molar-refractivity contribution is 5.78. The van der Waals surface area contributed by atoms with E-state index in [4.69, 9.17) is 14.2 Å². The van der Waals surface area contributed by atoms with Gasteiger partial charge in [0.05, 0.1) is 25.9 Å². The van der Waals surface area contributed by atoms with Crippen molar-refractivity contribution in [2.24, 2.45) is 5.92 Å². The Morgan fingerprint density at radius 1 is 0.897 bits per heavy atom. The van der Waals surface area contributed by atoms with Gasteiger partial charge in [-0.2, -0.15) is 0 Å². The summed E-state index contributed by atoms with van der Waals surface area (Å²) in [4.78, 5) is 8.24. The summed E-state index contributed by atoms with van der Waals surface area (Å²) < 4.78 is 17.6. The molecule has 5 heteroatoms. The minimum Gasteiger partial charge on any atom is -0.497 e. The van der Waals surface area contributed by atoms with Crippen LogP contribution >= 0.6 is 0 Å². The molecule has 0 aliphatic carbocycles. The number of aromatic nitrogens is 2. The normalized spacial score (nSPS) is 10.8. The van der Waals surface area contributed by atoms with Crippen molar-refractivity contribution >= 4 is 0 Å². The lowest BCUT2D eigenvalue weighted by Crippen LogP contribution is -2.07. The number of rotatable bonds is 9. The zero-order valence-electron chi connectivity index (χ0n) is 17.5. The van der Waals surface area contributed by atoms with Crippen LogP contribution in [0.4, 0.5) is 0 Å². The van der Waals surface area contributed by atoms with E-state index in [1.807, 2.05) is 43.6 Å². The van der Waals surface area contributed by atoms with Crippen LogP contribution in [-0.2, 0) is 6.42 Å². The predicted octanol–water partition coefficient (Wildman–Crippen LogP) is 5.18. The number of benzene rings is 2. The molecule has 0 N–H and O–H groups in total. The fourth-order valence-corrected chi connectivity index (χ4v) is 3.09. The van der Waals surface area contributed by atoms with Crippen LogP contribution in [0.1, 0.15) is 31.9 Å². The maximum absolute atomic E-state index is 6.23.